The van der Waals surface area contributed by atoms with Gasteiger partial charge in [-0.1, -0.05) is 83.6 Å². The van der Waals surface area contributed by atoms with Crippen LogP contribution in [0.1, 0.15) is 50.4 Å². The first-order valence-electron chi connectivity index (χ1n) is 15.2. The van der Waals surface area contributed by atoms with Crippen molar-refractivity contribution in [3.8, 4) is 11.5 Å². The molecule has 0 saturated heterocycles. The maximum Gasteiger partial charge on any atom is 0.338 e. The molecule has 5 aromatic rings. The first-order valence-corrected chi connectivity index (χ1v) is 17.2. The Morgan fingerprint density at radius 1 is 1.09 bits per heavy atom. The van der Waals surface area contributed by atoms with E-state index in [0.29, 0.717) is 59.3 Å². The zero-order chi connectivity index (χ0) is 33.2. The average molecular weight is 732 g/mol. The van der Waals surface area contributed by atoms with E-state index in [1.807, 2.05) is 68.4 Å². The minimum absolute atomic E-state index is 0.120. The van der Waals surface area contributed by atoms with Gasteiger partial charge in [0.1, 0.15) is 18.4 Å². The predicted octanol–water partition coefficient (Wildman–Crippen LogP) is 7.73. The number of halogens is 2. The van der Waals surface area contributed by atoms with Crippen molar-refractivity contribution in [2.24, 2.45) is 4.99 Å². The molecule has 2 heterocycles. The predicted molar refractivity (Wildman–Crippen MR) is 190 cm³/mol. The number of carbonyl (C=O) groups excluding carboxylic acids is 1. The molecule has 10 heteroatoms. The zero-order valence-electron chi connectivity index (χ0n) is 26.3. The second-order valence-electron chi connectivity index (χ2n) is 11.2. The van der Waals surface area contributed by atoms with Crippen LogP contribution in [0.4, 0.5) is 0 Å². The summed E-state index contributed by atoms with van der Waals surface area (Å²) in [6.07, 6.45) is 1.65. The summed E-state index contributed by atoms with van der Waals surface area (Å²) in [6, 6.07) is 24.5. The van der Waals surface area contributed by atoms with Gasteiger partial charge in [0.25, 0.3) is 5.56 Å². The molecule has 0 saturated carbocycles. The number of para-hydroxylation sites is 1. The first-order chi connectivity index (χ1) is 22.7. The van der Waals surface area contributed by atoms with E-state index in [1.165, 1.54) is 11.3 Å². The SMILES string of the molecule is CCOC(=O)C1=C(C)N=c2s/c(=C/c3cc(Cl)c(OCc4cccc5ccccc45)c(Br)c3)c(=O)n2[C@@H]1c1ccccc1OC(C)C. The Bertz CT molecular complexity index is 2190. The molecule has 4 aromatic carbocycles. The summed E-state index contributed by atoms with van der Waals surface area (Å²) in [4.78, 5) is 32.7. The maximum atomic E-state index is 14.2. The largest absolute Gasteiger partial charge is 0.491 e. The summed E-state index contributed by atoms with van der Waals surface area (Å²) < 4.78 is 20.4. The van der Waals surface area contributed by atoms with Gasteiger partial charge in [-0.25, -0.2) is 9.79 Å². The van der Waals surface area contributed by atoms with E-state index in [4.69, 9.17) is 25.8 Å². The Kier molecular flexibility index (Phi) is 9.68. The summed E-state index contributed by atoms with van der Waals surface area (Å²) in [7, 11) is 0. The topological polar surface area (TPSA) is 79.1 Å². The van der Waals surface area contributed by atoms with E-state index in [1.54, 1.807) is 30.6 Å². The number of hydrogen-bond donors (Lipinski definition) is 0. The third kappa shape index (κ3) is 6.66. The van der Waals surface area contributed by atoms with Crippen LogP contribution in [0.2, 0.25) is 5.02 Å². The first kappa shape index (κ1) is 32.7. The van der Waals surface area contributed by atoms with E-state index in [0.717, 1.165) is 16.3 Å². The van der Waals surface area contributed by atoms with Crippen molar-refractivity contribution in [1.82, 2.24) is 4.57 Å². The van der Waals surface area contributed by atoms with E-state index < -0.39 is 12.0 Å². The van der Waals surface area contributed by atoms with Crippen molar-refractivity contribution in [3.05, 3.63) is 136 Å². The second-order valence-corrected chi connectivity index (χ2v) is 13.5. The number of esters is 1. The maximum absolute atomic E-state index is 14.2. The highest BCUT2D eigenvalue weighted by Gasteiger charge is 2.35. The standard InChI is InChI=1S/C37H32BrClN2O5S/c1-5-44-36(43)32-22(4)40-37-41(33(32)27-15-8-9-16-30(27)46-21(2)3)35(42)31(47-37)19-23-17-28(38)34(29(39)18-23)45-20-25-13-10-12-24-11-6-7-14-26(24)25/h6-19,21,33H,5,20H2,1-4H3/b31-19+/t33-/m1/s1. The number of carbonyl (C=O) groups is 1. The number of allylic oxidation sites excluding steroid dienone is 1. The molecule has 0 amide bonds. The molecule has 0 bridgehead atoms. The lowest BCUT2D eigenvalue weighted by Crippen LogP contribution is -2.40. The molecule has 0 unspecified atom stereocenters. The molecule has 1 aliphatic heterocycles. The van der Waals surface area contributed by atoms with Crippen LogP contribution in [0.25, 0.3) is 16.8 Å². The van der Waals surface area contributed by atoms with Gasteiger partial charge in [0.05, 0.1) is 38.0 Å². The fraction of sp³-hybridized carbons (Fsp3) is 0.216. The van der Waals surface area contributed by atoms with Crippen molar-refractivity contribution >= 4 is 61.7 Å². The van der Waals surface area contributed by atoms with Crippen LogP contribution in [0.15, 0.2) is 104 Å². The molecular weight excluding hydrogens is 700 g/mol. The van der Waals surface area contributed by atoms with Gasteiger partial charge in [0.2, 0.25) is 0 Å². The summed E-state index contributed by atoms with van der Waals surface area (Å²) in [6.45, 7) is 7.89. The lowest BCUT2D eigenvalue weighted by atomic mass is 9.95. The number of aromatic nitrogens is 1. The van der Waals surface area contributed by atoms with Crippen LogP contribution in [-0.4, -0.2) is 23.2 Å². The third-order valence-corrected chi connectivity index (χ3v) is 9.52. The Morgan fingerprint density at radius 2 is 1.83 bits per heavy atom. The molecule has 7 nitrogen and oxygen atoms in total. The summed E-state index contributed by atoms with van der Waals surface area (Å²) in [5.41, 5.74) is 2.90. The molecular formula is C37H32BrClN2O5S. The molecule has 47 heavy (non-hydrogen) atoms. The molecule has 0 spiro atoms. The van der Waals surface area contributed by atoms with Crippen LogP contribution in [0.3, 0.4) is 0 Å². The molecule has 240 valence electrons. The van der Waals surface area contributed by atoms with Gasteiger partial charge in [-0.2, -0.15) is 0 Å². The molecule has 6 rings (SSSR count). The number of thiazole rings is 1. The highest BCUT2D eigenvalue weighted by molar-refractivity contribution is 9.10. The number of rotatable bonds is 9. The van der Waals surface area contributed by atoms with Gasteiger partial charge in [0, 0.05) is 5.56 Å². The molecule has 1 aliphatic rings. The van der Waals surface area contributed by atoms with Crippen LogP contribution in [0, 0.1) is 0 Å². The summed E-state index contributed by atoms with van der Waals surface area (Å²) in [5, 5.41) is 2.65. The number of ether oxygens (including phenoxy) is 3. The number of fused-ring (bicyclic) bond motifs is 2. The number of benzene rings is 4. The highest BCUT2D eigenvalue weighted by atomic mass is 79.9. The van der Waals surface area contributed by atoms with Gasteiger partial charge in [-0.15, -0.1) is 0 Å². The minimum Gasteiger partial charge on any atom is -0.491 e. The minimum atomic E-state index is -0.789. The fourth-order valence-corrected chi connectivity index (χ4v) is 7.71. The van der Waals surface area contributed by atoms with Gasteiger partial charge in [0.15, 0.2) is 10.6 Å². The highest BCUT2D eigenvalue weighted by Crippen LogP contribution is 2.37. The van der Waals surface area contributed by atoms with Crippen molar-refractivity contribution in [2.75, 3.05) is 6.61 Å². The molecule has 0 N–H and O–H groups in total. The van der Waals surface area contributed by atoms with Crippen LogP contribution < -0.4 is 24.4 Å². The number of nitrogens with zero attached hydrogens (tertiary/aromatic N) is 2. The van der Waals surface area contributed by atoms with Gasteiger partial charge in [-0.3, -0.25) is 9.36 Å². The fourth-order valence-electron chi connectivity index (χ4n) is 5.67. The van der Waals surface area contributed by atoms with Crippen molar-refractivity contribution in [3.63, 3.8) is 0 Å². The smallest absolute Gasteiger partial charge is 0.338 e. The second kappa shape index (κ2) is 13.9. The summed E-state index contributed by atoms with van der Waals surface area (Å²) >= 11 is 11.6. The molecule has 1 aromatic heterocycles. The van der Waals surface area contributed by atoms with Gasteiger partial charge in [-0.05, 0) is 89.8 Å². The lowest BCUT2D eigenvalue weighted by molar-refractivity contribution is -0.139. The number of hydrogen-bond acceptors (Lipinski definition) is 7. The molecule has 0 radical (unpaired) electrons. The quantitative estimate of drug-likeness (QED) is 0.145. The monoisotopic (exact) mass is 730 g/mol. The molecule has 0 fully saturated rings. The van der Waals surface area contributed by atoms with Crippen molar-refractivity contribution in [2.45, 2.75) is 46.4 Å². The van der Waals surface area contributed by atoms with E-state index in [9.17, 15) is 9.59 Å². The van der Waals surface area contributed by atoms with Crippen LogP contribution in [0.5, 0.6) is 11.5 Å². The van der Waals surface area contributed by atoms with Crippen LogP contribution >= 0.6 is 38.9 Å². The Balaban J connectivity index is 1.40. The van der Waals surface area contributed by atoms with Gasteiger partial charge < -0.3 is 14.2 Å². The molecule has 0 aliphatic carbocycles. The Labute approximate surface area is 289 Å². The Hall–Kier alpha value is -4.18. The van der Waals surface area contributed by atoms with E-state index >= 15 is 0 Å². The summed E-state index contributed by atoms with van der Waals surface area (Å²) in [5.74, 6) is 0.560. The normalized spacial score (nSPS) is 14.7. The van der Waals surface area contributed by atoms with Crippen molar-refractivity contribution in [1.29, 1.82) is 0 Å². The van der Waals surface area contributed by atoms with Gasteiger partial charge >= 0.3 is 5.97 Å². The van der Waals surface area contributed by atoms with E-state index in [-0.39, 0.29) is 18.3 Å². The van der Waals surface area contributed by atoms with Crippen LogP contribution in [-0.2, 0) is 16.1 Å². The lowest BCUT2D eigenvalue weighted by Gasteiger charge is -2.26. The average Bonchev–Trinajstić information content (AvgIpc) is 3.33. The zero-order valence-corrected chi connectivity index (χ0v) is 29.4. The third-order valence-electron chi connectivity index (χ3n) is 7.66. The molecule has 1 atom stereocenters. The van der Waals surface area contributed by atoms with Crippen molar-refractivity contribution < 1.29 is 19.0 Å². The van der Waals surface area contributed by atoms with E-state index in [2.05, 4.69) is 39.1 Å². The Morgan fingerprint density at radius 3 is 2.60 bits per heavy atom.